The molecular weight excluding hydrogens is 991 g/mol. The van der Waals surface area contributed by atoms with E-state index in [0.29, 0.717) is 58.8 Å². The van der Waals surface area contributed by atoms with E-state index < -0.39 is 0 Å². The Morgan fingerprint density at radius 2 is 1.19 bits per heavy atom. The number of aromatic hydroxyl groups is 1. The zero-order valence-electron chi connectivity index (χ0n) is 46.1. The van der Waals surface area contributed by atoms with Crippen molar-refractivity contribution in [2.45, 2.75) is 167 Å². The normalized spacial score (nSPS) is 12.2. The first-order valence-electron chi connectivity index (χ1n) is 23.9. The van der Waals surface area contributed by atoms with Gasteiger partial charge in [-0.05, 0) is 69.3 Å². The standard InChI is InChI=1S/C8H10O3.C7H11NO.C7H11NS.2C6H10N2O.C6H10N2S.C5H9N3.C5H8N2OS/c1-5(2)6-3-11-4-7(9)8(6)10;2*1-5(2)7-4-6(3)8-9-7;2*1-4(2)6-7-5(3)9-8-6;1-4(2)6-5(3)7-9-8-6;1-4(2)5-6-3-7-8-5;1-3(2)4-6-5(8)9-7-4/h3-5,9H,1-2H3;2*4-5H,1-3H3;2*4H,3H2,1-2H3,(H,7,8);4H,1-3H3;3-4H,1-2H3,(H,6,7,8);3H,1-2H3,(H,6,7,8). The molecule has 73 heavy (non-hydrogen) atoms. The van der Waals surface area contributed by atoms with Crippen LogP contribution in [0.5, 0.6) is 5.75 Å². The van der Waals surface area contributed by atoms with E-state index in [1.165, 1.54) is 29.2 Å². The van der Waals surface area contributed by atoms with Gasteiger partial charge >= 0.3 is 4.87 Å². The van der Waals surface area contributed by atoms with Crippen molar-refractivity contribution in [1.29, 1.82) is 0 Å². The van der Waals surface area contributed by atoms with Crippen LogP contribution in [-0.4, -0.2) is 59.6 Å². The summed E-state index contributed by atoms with van der Waals surface area (Å²) < 4.78 is 26.0. The van der Waals surface area contributed by atoms with Crippen molar-refractivity contribution >= 4 is 46.5 Å². The lowest BCUT2D eigenvalue weighted by Crippen LogP contribution is -2.21. The third-order valence-electron chi connectivity index (χ3n) is 9.27. The number of aromatic amines is 2. The van der Waals surface area contributed by atoms with Crippen LogP contribution in [0.3, 0.4) is 0 Å². The fourth-order valence-corrected chi connectivity index (χ4v) is 6.97. The van der Waals surface area contributed by atoms with Crippen molar-refractivity contribution < 1.29 is 23.7 Å². The van der Waals surface area contributed by atoms with Crippen LogP contribution in [0, 0.1) is 32.6 Å². The Bertz CT molecular complexity index is 2590. The van der Waals surface area contributed by atoms with Gasteiger partial charge in [0, 0.05) is 57.6 Å². The first-order chi connectivity index (χ1) is 34.1. The molecule has 0 saturated carbocycles. The van der Waals surface area contributed by atoms with Crippen molar-refractivity contribution in [2.24, 2.45) is 21.8 Å². The fourth-order valence-electron chi connectivity index (χ4n) is 4.96. The number of hydrogen-bond donors (Lipinski definition) is 5. The van der Waals surface area contributed by atoms with Crippen LogP contribution in [0.2, 0.25) is 0 Å². The van der Waals surface area contributed by atoms with Crippen LogP contribution in [0.4, 0.5) is 0 Å². The number of hydrogen-bond acceptors (Lipinski definition) is 21. The van der Waals surface area contributed by atoms with Crippen LogP contribution in [0.15, 0.2) is 84.4 Å². The van der Waals surface area contributed by atoms with Crippen molar-refractivity contribution in [3.05, 3.63) is 126 Å². The van der Waals surface area contributed by atoms with Crippen LogP contribution in [0.25, 0.3) is 0 Å². The number of aryl methyl sites for hydroxylation is 3. The van der Waals surface area contributed by atoms with Gasteiger partial charge < -0.3 is 23.7 Å². The van der Waals surface area contributed by atoms with Crippen LogP contribution < -0.4 is 21.3 Å². The average Bonchev–Trinajstić information content (AvgIpc) is 4.17. The molecule has 0 unspecified atom stereocenters. The molecule has 0 fully saturated rings. The molecule has 6 aromatic rings. The van der Waals surface area contributed by atoms with Gasteiger partial charge in [-0.2, -0.15) is 32.6 Å². The summed E-state index contributed by atoms with van der Waals surface area (Å²) in [5.41, 5.74) is 9.79. The van der Waals surface area contributed by atoms with E-state index in [4.69, 9.17) is 23.7 Å². The lowest BCUT2D eigenvalue weighted by molar-refractivity contribution is 0.176. The fraction of sp³-hybridized carbons (Fsp3) is 0.540. The van der Waals surface area contributed by atoms with Crippen molar-refractivity contribution in [3.8, 4) is 5.75 Å². The Kier molecular flexibility index (Phi) is 29.6. The lowest BCUT2D eigenvalue weighted by Gasteiger charge is -2.01. The largest absolute Gasteiger partial charge is 0.502 e. The van der Waals surface area contributed by atoms with E-state index in [1.807, 2.05) is 82.2 Å². The van der Waals surface area contributed by atoms with Gasteiger partial charge in [0.25, 0.3) is 0 Å². The summed E-state index contributed by atoms with van der Waals surface area (Å²) in [5.74, 6) is 8.18. The lowest BCUT2D eigenvalue weighted by atomic mass is 10.1. The number of nitrogens with one attached hydrogen (secondary N) is 4. The maximum absolute atomic E-state index is 11.1. The molecule has 0 radical (unpaired) electrons. The van der Waals surface area contributed by atoms with Gasteiger partial charge in [-0.1, -0.05) is 116 Å². The highest BCUT2D eigenvalue weighted by atomic mass is 32.1. The van der Waals surface area contributed by atoms with Crippen molar-refractivity contribution in [3.63, 3.8) is 0 Å². The quantitative estimate of drug-likeness (QED) is 0.0948. The summed E-state index contributed by atoms with van der Waals surface area (Å²) in [5, 5.41) is 19.2. The Morgan fingerprint density at radius 3 is 1.42 bits per heavy atom. The second-order valence-corrected chi connectivity index (χ2v) is 20.9. The van der Waals surface area contributed by atoms with E-state index in [-0.39, 0.29) is 22.0 Å². The number of amidine groups is 2. The van der Waals surface area contributed by atoms with Gasteiger partial charge in [0.05, 0.1) is 40.8 Å². The molecule has 0 atom stereocenters. The number of H-pyrrole nitrogens is 2. The number of aromatic nitrogens is 9. The van der Waals surface area contributed by atoms with Crippen molar-refractivity contribution in [2.75, 3.05) is 0 Å². The molecule has 0 spiro atoms. The van der Waals surface area contributed by atoms with Crippen molar-refractivity contribution in [1.82, 2.24) is 53.8 Å². The number of aliphatic imine (C=N–C) groups is 2. The van der Waals surface area contributed by atoms with E-state index in [2.05, 4.69) is 138 Å². The molecular formula is C50H79N13O7S3. The monoisotopic (exact) mass is 1070 g/mol. The van der Waals surface area contributed by atoms with E-state index in [0.717, 1.165) is 69.7 Å². The highest BCUT2D eigenvalue weighted by Crippen LogP contribution is 2.19. The summed E-state index contributed by atoms with van der Waals surface area (Å²) >= 11 is 3.87. The predicted molar refractivity (Wildman–Crippen MR) is 294 cm³/mol. The molecule has 2 aliphatic rings. The SMILES string of the molecule is C=C1N=C(C(C)C)NO1.C=C1N=C(C(C)C)NO1.CC(C)c1cocc(O)c1=O.CC(C)c1ncn[nH]1.CC(C)c1nsc(=O)[nH]1.Cc1cc(C(C)C)on1.Cc1cc(C(C)C)sn1.Cc1nsnc1C(C)C. The first kappa shape index (κ1) is 64.7. The molecule has 0 aliphatic carbocycles. The number of rotatable bonds is 8. The third-order valence-corrected chi connectivity index (χ3v) is 11.6. The average molecular weight is 1070 g/mol. The summed E-state index contributed by atoms with van der Waals surface area (Å²) in [4.78, 5) is 47.0. The Labute approximate surface area is 443 Å². The summed E-state index contributed by atoms with van der Waals surface area (Å²) in [6.07, 6.45) is 3.93. The second kappa shape index (κ2) is 33.4. The molecule has 404 valence electrons. The molecule has 5 N–H and O–H groups in total. The minimum Gasteiger partial charge on any atom is -0.502 e. The molecule has 8 rings (SSSR count). The maximum atomic E-state index is 11.1. The molecule has 2 aliphatic heterocycles. The summed E-state index contributed by atoms with van der Waals surface area (Å²) in [6.45, 7) is 45.8. The second-order valence-electron chi connectivity index (χ2n) is 18.8. The molecule has 20 nitrogen and oxygen atoms in total. The van der Waals surface area contributed by atoms with E-state index in [1.54, 1.807) is 11.5 Å². The first-order valence-corrected chi connectivity index (χ1v) is 26.2. The van der Waals surface area contributed by atoms with Crippen LogP contribution in [0.1, 0.15) is 197 Å². The Hall–Kier alpha value is -6.33. The van der Waals surface area contributed by atoms with Gasteiger partial charge in [-0.25, -0.2) is 15.9 Å². The molecule has 6 aromatic heterocycles. The van der Waals surface area contributed by atoms with Gasteiger partial charge in [0.1, 0.15) is 41.7 Å². The highest BCUT2D eigenvalue weighted by molar-refractivity contribution is 7.05. The van der Waals surface area contributed by atoms with Gasteiger partial charge in [-0.3, -0.25) is 19.7 Å². The van der Waals surface area contributed by atoms with E-state index >= 15 is 0 Å². The van der Waals surface area contributed by atoms with Gasteiger partial charge in [0.2, 0.25) is 17.2 Å². The van der Waals surface area contributed by atoms with Gasteiger partial charge in [0.15, 0.2) is 5.75 Å². The zero-order chi connectivity index (χ0) is 55.5. The molecule has 0 bridgehead atoms. The number of nitrogens with zero attached hydrogens (tertiary/aromatic N) is 9. The molecule has 23 heteroatoms. The molecule has 8 heterocycles. The van der Waals surface area contributed by atoms with Gasteiger partial charge in [-0.15, -0.1) is 0 Å². The summed E-state index contributed by atoms with van der Waals surface area (Å²) in [6, 6.07) is 4.11. The van der Waals surface area contributed by atoms with Crippen LogP contribution >= 0.6 is 34.8 Å². The zero-order valence-corrected chi connectivity index (χ0v) is 48.5. The maximum Gasteiger partial charge on any atom is 0.323 e. The smallest absolute Gasteiger partial charge is 0.323 e. The predicted octanol–water partition coefficient (Wildman–Crippen LogP) is 12.1. The minimum atomic E-state index is -0.341. The van der Waals surface area contributed by atoms with Crippen LogP contribution in [-0.2, 0) is 9.68 Å². The molecule has 0 aromatic carbocycles. The molecule has 0 saturated heterocycles. The third kappa shape index (κ3) is 25.8. The van der Waals surface area contributed by atoms with E-state index in [9.17, 15) is 9.59 Å². The number of hydroxylamine groups is 2. The Morgan fingerprint density at radius 1 is 0.616 bits per heavy atom. The molecule has 0 amide bonds. The highest BCUT2D eigenvalue weighted by Gasteiger charge is 2.14. The Balaban J connectivity index is 0.000000418. The minimum absolute atomic E-state index is 0.0706. The topological polar surface area (TPSA) is 270 Å². The summed E-state index contributed by atoms with van der Waals surface area (Å²) in [7, 11) is 0.